The SMILES string of the molecule is COc1cc(Nc2ncnc(Nc3ccccc3C(=O)NC3CCCC3)n2)cc(OC)c1OC. The van der Waals surface area contributed by atoms with E-state index in [0.717, 1.165) is 25.7 Å². The van der Waals surface area contributed by atoms with Gasteiger partial charge in [0.2, 0.25) is 17.6 Å². The molecule has 0 unspecified atom stereocenters. The van der Waals surface area contributed by atoms with Crippen molar-refractivity contribution in [2.75, 3.05) is 32.0 Å². The quantitative estimate of drug-likeness (QED) is 0.431. The Balaban J connectivity index is 1.53. The minimum atomic E-state index is -0.111. The predicted molar refractivity (Wildman–Crippen MR) is 129 cm³/mol. The highest BCUT2D eigenvalue weighted by atomic mass is 16.5. The lowest BCUT2D eigenvalue weighted by Gasteiger charge is -2.15. The standard InChI is InChI=1S/C24H28N6O4/c1-32-19-12-16(13-20(33-2)21(19)34-3)28-23-25-14-26-24(30-23)29-18-11-7-6-10-17(18)22(31)27-15-8-4-5-9-15/h6-7,10-15H,4-5,8-9H2,1-3H3,(H,27,31)(H2,25,26,28,29,30). The normalized spacial score (nSPS) is 13.3. The van der Waals surface area contributed by atoms with Crippen molar-refractivity contribution in [2.24, 2.45) is 0 Å². The molecule has 178 valence electrons. The summed E-state index contributed by atoms with van der Waals surface area (Å²) in [4.78, 5) is 25.7. The summed E-state index contributed by atoms with van der Waals surface area (Å²) in [5.41, 5.74) is 1.79. The lowest BCUT2D eigenvalue weighted by atomic mass is 10.1. The Bertz CT molecular complexity index is 1120. The number of aromatic nitrogens is 3. The van der Waals surface area contributed by atoms with E-state index in [1.165, 1.54) is 6.33 Å². The summed E-state index contributed by atoms with van der Waals surface area (Å²) < 4.78 is 16.1. The molecule has 0 radical (unpaired) electrons. The number of nitrogens with one attached hydrogen (secondary N) is 3. The van der Waals surface area contributed by atoms with Gasteiger partial charge in [-0.15, -0.1) is 0 Å². The number of hydrogen-bond acceptors (Lipinski definition) is 9. The fraction of sp³-hybridized carbons (Fsp3) is 0.333. The number of para-hydroxylation sites is 1. The maximum absolute atomic E-state index is 12.8. The van der Waals surface area contributed by atoms with E-state index in [1.54, 1.807) is 39.5 Å². The Morgan fingerprint density at radius 3 is 2.21 bits per heavy atom. The largest absolute Gasteiger partial charge is 0.493 e. The van der Waals surface area contributed by atoms with E-state index >= 15 is 0 Å². The van der Waals surface area contributed by atoms with Crippen LogP contribution < -0.4 is 30.2 Å². The lowest BCUT2D eigenvalue weighted by Crippen LogP contribution is -2.32. The number of anilines is 4. The smallest absolute Gasteiger partial charge is 0.253 e. The van der Waals surface area contributed by atoms with E-state index in [9.17, 15) is 4.79 Å². The van der Waals surface area contributed by atoms with Crippen molar-refractivity contribution < 1.29 is 19.0 Å². The second-order valence-corrected chi connectivity index (χ2v) is 7.80. The van der Waals surface area contributed by atoms with Gasteiger partial charge in [-0.2, -0.15) is 4.98 Å². The molecule has 1 aliphatic carbocycles. The van der Waals surface area contributed by atoms with Crippen molar-refractivity contribution in [2.45, 2.75) is 31.7 Å². The number of carbonyl (C=O) groups excluding carboxylic acids is 1. The average molecular weight is 465 g/mol. The number of amides is 1. The van der Waals surface area contributed by atoms with Gasteiger partial charge >= 0.3 is 0 Å². The van der Waals surface area contributed by atoms with Crippen molar-refractivity contribution in [3.8, 4) is 17.2 Å². The summed E-state index contributed by atoms with van der Waals surface area (Å²) in [6, 6.07) is 11.0. The molecule has 4 rings (SSSR count). The Morgan fingerprint density at radius 2 is 1.56 bits per heavy atom. The number of ether oxygens (including phenoxy) is 3. The molecule has 3 aromatic rings. The summed E-state index contributed by atoms with van der Waals surface area (Å²) in [6.45, 7) is 0. The van der Waals surface area contributed by atoms with Crippen LogP contribution in [0.5, 0.6) is 17.2 Å². The van der Waals surface area contributed by atoms with Gasteiger partial charge in [-0.25, -0.2) is 9.97 Å². The summed E-state index contributed by atoms with van der Waals surface area (Å²) in [5.74, 6) is 1.98. The third-order valence-electron chi connectivity index (χ3n) is 5.60. The highest BCUT2D eigenvalue weighted by molar-refractivity contribution is 6.00. The third-order valence-corrected chi connectivity index (χ3v) is 5.60. The van der Waals surface area contributed by atoms with E-state index in [1.807, 2.05) is 18.2 Å². The zero-order valence-electron chi connectivity index (χ0n) is 19.4. The first-order valence-corrected chi connectivity index (χ1v) is 11.0. The minimum Gasteiger partial charge on any atom is -0.493 e. The van der Waals surface area contributed by atoms with Gasteiger partial charge in [-0.05, 0) is 25.0 Å². The molecule has 2 aromatic carbocycles. The molecule has 10 heteroatoms. The minimum absolute atomic E-state index is 0.111. The van der Waals surface area contributed by atoms with Crippen LogP contribution in [0.4, 0.5) is 23.3 Å². The van der Waals surface area contributed by atoms with Crippen LogP contribution in [0.25, 0.3) is 0 Å². The first-order chi connectivity index (χ1) is 16.6. The van der Waals surface area contributed by atoms with E-state index in [0.29, 0.717) is 46.1 Å². The van der Waals surface area contributed by atoms with Crippen LogP contribution in [0, 0.1) is 0 Å². The molecule has 1 heterocycles. The number of carbonyl (C=O) groups is 1. The third kappa shape index (κ3) is 5.28. The van der Waals surface area contributed by atoms with Crippen LogP contribution in [0.3, 0.4) is 0 Å². The number of hydrogen-bond donors (Lipinski definition) is 3. The fourth-order valence-corrected chi connectivity index (χ4v) is 3.94. The molecule has 34 heavy (non-hydrogen) atoms. The summed E-state index contributed by atoms with van der Waals surface area (Å²) in [5, 5.41) is 9.37. The number of benzene rings is 2. The summed E-state index contributed by atoms with van der Waals surface area (Å²) >= 11 is 0. The molecule has 1 fully saturated rings. The Labute approximate surface area is 198 Å². The van der Waals surface area contributed by atoms with Crippen LogP contribution in [0.1, 0.15) is 36.0 Å². The molecular formula is C24H28N6O4. The molecular weight excluding hydrogens is 436 g/mol. The molecule has 0 spiro atoms. The predicted octanol–water partition coefficient (Wildman–Crippen LogP) is 4.06. The van der Waals surface area contributed by atoms with Gasteiger partial charge < -0.3 is 30.2 Å². The van der Waals surface area contributed by atoms with Crippen LogP contribution in [-0.4, -0.2) is 48.2 Å². The Morgan fingerprint density at radius 1 is 0.912 bits per heavy atom. The van der Waals surface area contributed by atoms with Crippen molar-refractivity contribution in [3.63, 3.8) is 0 Å². The Kier molecular flexibility index (Phi) is 7.26. The lowest BCUT2D eigenvalue weighted by molar-refractivity contribution is 0.0938. The topological polar surface area (TPSA) is 120 Å². The van der Waals surface area contributed by atoms with Gasteiger partial charge in [-0.3, -0.25) is 4.79 Å². The van der Waals surface area contributed by atoms with E-state index in [-0.39, 0.29) is 11.9 Å². The molecule has 1 aromatic heterocycles. The van der Waals surface area contributed by atoms with Crippen LogP contribution >= 0.6 is 0 Å². The average Bonchev–Trinajstić information content (AvgIpc) is 3.37. The van der Waals surface area contributed by atoms with E-state index < -0.39 is 0 Å². The van der Waals surface area contributed by atoms with E-state index in [4.69, 9.17) is 14.2 Å². The van der Waals surface area contributed by atoms with Gasteiger partial charge in [-0.1, -0.05) is 25.0 Å². The van der Waals surface area contributed by atoms with Crippen molar-refractivity contribution in [1.29, 1.82) is 0 Å². The maximum atomic E-state index is 12.8. The van der Waals surface area contributed by atoms with Crippen LogP contribution in [0.15, 0.2) is 42.7 Å². The molecule has 3 N–H and O–H groups in total. The molecule has 0 bridgehead atoms. The monoisotopic (exact) mass is 464 g/mol. The highest BCUT2D eigenvalue weighted by Crippen LogP contribution is 2.40. The second-order valence-electron chi connectivity index (χ2n) is 7.80. The zero-order chi connectivity index (χ0) is 23.9. The van der Waals surface area contributed by atoms with Crippen molar-refractivity contribution >= 4 is 29.2 Å². The molecule has 10 nitrogen and oxygen atoms in total. The van der Waals surface area contributed by atoms with Crippen molar-refractivity contribution in [1.82, 2.24) is 20.3 Å². The molecule has 0 aliphatic heterocycles. The van der Waals surface area contributed by atoms with Crippen LogP contribution in [0.2, 0.25) is 0 Å². The summed E-state index contributed by atoms with van der Waals surface area (Å²) in [7, 11) is 4.64. The summed E-state index contributed by atoms with van der Waals surface area (Å²) in [6.07, 6.45) is 5.72. The van der Waals surface area contributed by atoms with Gasteiger partial charge in [0.05, 0.1) is 32.6 Å². The number of methoxy groups -OCH3 is 3. The highest BCUT2D eigenvalue weighted by Gasteiger charge is 2.20. The van der Waals surface area contributed by atoms with Crippen LogP contribution in [-0.2, 0) is 0 Å². The number of nitrogens with zero attached hydrogens (tertiary/aromatic N) is 3. The van der Waals surface area contributed by atoms with Crippen molar-refractivity contribution in [3.05, 3.63) is 48.3 Å². The molecule has 0 atom stereocenters. The first-order valence-electron chi connectivity index (χ1n) is 11.0. The Hall–Kier alpha value is -4.08. The zero-order valence-corrected chi connectivity index (χ0v) is 19.4. The van der Waals surface area contributed by atoms with E-state index in [2.05, 4.69) is 30.9 Å². The molecule has 1 amide bonds. The van der Waals surface area contributed by atoms with Gasteiger partial charge in [0.1, 0.15) is 6.33 Å². The number of rotatable bonds is 9. The molecule has 1 saturated carbocycles. The maximum Gasteiger partial charge on any atom is 0.253 e. The fourth-order valence-electron chi connectivity index (χ4n) is 3.94. The van der Waals surface area contributed by atoms with Gasteiger partial charge in [0.15, 0.2) is 11.5 Å². The van der Waals surface area contributed by atoms with Gasteiger partial charge in [0.25, 0.3) is 5.91 Å². The first kappa shape index (κ1) is 23.1. The van der Waals surface area contributed by atoms with Gasteiger partial charge in [0, 0.05) is 23.9 Å². The molecule has 1 aliphatic rings. The molecule has 0 saturated heterocycles. The second kappa shape index (κ2) is 10.7.